The Kier molecular flexibility index (Phi) is 4.27. The van der Waals surface area contributed by atoms with E-state index in [1.807, 2.05) is 0 Å². The maximum atomic E-state index is 5.87. The summed E-state index contributed by atoms with van der Waals surface area (Å²) in [7, 11) is 0. The highest BCUT2D eigenvalue weighted by Gasteiger charge is 2.22. The van der Waals surface area contributed by atoms with Crippen LogP contribution in [-0.4, -0.2) is 13.2 Å². The predicted molar refractivity (Wildman–Crippen MR) is 90.3 cm³/mol. The molecular weight excluding hydrogens is 361 g/mol. The first-order valence-corrected chi connectivity index (χ1v) is 8.11. The van der Waals surface area contributed by atoms with Crippen LogP contribution in [0.2, 0.25) is 0 Å². The Morgan fingerprint density at radius 1 is 1.25 bits per heavy atom. The van der Waals surface area contributed by atoms with Crippen molar-refractivity contribution in [1.82, 2.24) is 5.32 Å². The topological polar surface area (TPSA) is 21.3 Å². The zero-order chi connectivity index (χ0) is 13.9. The molecule has 0 aromatic heterocycles. The number of hydrogen-bond acceptors (Lipinski definition) is 2. The van der Waals surface area contributed by atoms with Gasteiger partial charge < -0.3 is 10.1 Å². The standard InChI is InChI=1S/C17H18INO/c1-2-19-16(13-6-3-7-14(18)11-13)15-8-4-5-12-9-10-20-17(12)15/h3-8,11,16,19H,2,9-10H2,1H3. The molecule has 20 heavy (non-hydrogen) atoms. The molecule has 0 bridgehead atoms. The van der Waals surface area contributed by atoms with Gasteiger partial charge in [-0.15, -0.1) is 0 Å². The van der Waals surface area contributed by atoms with Crippen molar-refractivity contribution in [2.24, 2.45) is 0 Å². The Hall–Kier alpha value is -1.07. The van der Waals surface area contributed by atoms with Crippen LogP contribution in [0.4, 0.5) is 0 Å². The number of halogens is 1. The van der Waals surface area contributed by atoms with Crippen molar-refractivity contribution >= 4 is 22.6 Å². The van der Waals surface area contributed by atoms with Gasteiger partial charge in [0.1, 0.15) is 5.75 Å². The monoisotopic (exact) mass is 379 g/mol. The van der Waals surface area contributed by atoms with Crippen LogP contribution < -0.4 is 10.1 Å². The molecule has 0 saturated carbocycles. The molecule has 0 radical (unpaired) electrons. The molecule has 0 aliphatic carbocycles. The van der Waals surface area contributed by atoms with Crippen molar-refractivity contribution < 1.29 is 4.74 Å². The van der Waals surface area contributed by atoms with Gasteiger partial charge in [0.05, 0.1) is 12.6 Å². The number of nitrogens with one attached hydrogen (secondary N) is 1. The van der Waals surface area contributed by atoms with Crippen LogP contribution in [0, 0.1) is 3.57 Å². The van der Waals surface area contributed by atoms with E-state index < -0.39 is 0 Å². The van der Waals surface area contributed by atoms with Crippen LogP contribution in [-0.2, 0) is 6.42 Å². The highest BCUT2D eigenvalue weighted by atomic mass is 127. The molecule has 0 spiro atoms. The fraction of sp³-hybridized carbons (Fsp3) is 0.294. The van der Waals surface area contributed by atoms with Crippen LogP contribution in [0.25, 0.3) is 0 Å². The normalized spacial score (nSPS) is 14.7. The number of rotatable bonds is 4. The number of ether oxygens (including phenoxy) is 1. The summed E-state index contributed by atoms with van der Waals surface area (Å²) in [6.07, 6.45) is 1.02. The van der Waals surface area contributed by atoms with Gasteiger partial charge in [-0.1, -0.05) is 37.3 Å². The van der Waals surface area contributed by atoms with Gasteiger partial charge in [0.2, 0.25) is 0 Å². The SMILES string of the molecule is CCNC(c1cccc(I)c1)c1cccc2c1OCC2. The average Bonchev–Trinajstić information content (AvgIpc) is 2.93. The summed E-state index contributed by atoms with van der Waals surface area (Å²) < 4.78 is 7.13. The Morgan fingerprint density at radius 2 is 2.10 bits per heavy atom. The lowest BCUT2D eigenvalue weighted by Crippen LogP contribution is -2.22. The number of fused-ring (bicyclic) bond motifs is 1. The average molecular weight is 379 g/mol. The van der Waals surface area contributed by atoms with E-state index in [9.17, 15) is 0 Å². The first-order valence-electron chi connectivity index (χ1n) is 7.03. The second-order valence-corrected chi connectivity index (χ2v) is 6.23. The number of hydrogen-bond donors (Lipinski definition) is 1. The fourth-order valence-corrected chi connectivity index (χ4v) is 3.33. The zero-order valence-corrected chi connectivity index (χ0v) is 13.7. The highest BCUT2D eigenvalue weighted by Crippen LogP contribution is 2.36. The Labute approximate surface area is 133 Å². The number of benzene rings is 2. The quantitative estimate of drug-likeness (QED) is 0.814. The maximum absolute atomic E-state index is 5.87. The second-order valence-electron chi connectivity index (χ2n) is 4.98. The molecule has 1 atom stereocenters. The van der Waals surface area contributed by atoms with E-state index in [4.69, 9.17) is 4.74 Å². The van der Waals surface area contributed by atoms with Gasteiger partial charge in [-0.25, -0.2) is 0 Å². The Balaban J connectivity index is 2.05. The van der Waals surface area contributed by atoms with Gasteiger partial charge in [-0.2, -0.15) is 0 Å². The molecule has 3 heteroatoms. The first kappa shape index (κ1) is 13.9. The molecular formula is C17H18INO. The van der Waals surface area contributed by atoms with Crippen molar-refractivity contribution in [3.63, 3.8) is 0 Å². The molecule has 104 valence electrons. The lowest BCUT2D eigenvalue weighted by molar-refractivity contribution is 0.350. The molecule has 1 aliphatic rings. The third-order valence-corrected chi connectivity index (χ3v) is 4.32. The molecule has 0 fully saturated rings. The molecule has 2 aromatic carbocycles. The van der Waals surface area contributed by atoms with E-state index in [0.29, 0.717) is 0 Å². The van der Waals surface area contributed by atoms with Crippen LogP contribution >= 0.6 is 22.6 Å². The molecule has 2 nitrogen and oxygen atoms in total. The Morgan fingerprint density at radius 3 is 2.90 bits per heavy atom. The summed E-state index contributed by atoms with van der Waals surface area (Å²) in [5.74, 6) is 1.08. The summed E-state index contributed by atoms with van der Waals surface area (Å²) in [6, 6.07) is 15.3. The van der Waals surface area contributed by atoms with Gasteiger partial charge in [0.25, 0.3) is 0 Å². The van der Waals surface area contributed by atoms with Gasteiger partial charge in [-0.05, 0) is 52.4 Å². The van der Waals surface area contributed by atoms with E-state index in [1.54, 1.807) is 0 Å². The van der Waals surface area contributed by atoms with Crippen molar-refractivity contribution in [2.75, 3.05) is 13.2 Å². The van der Waals surface area contributed by atoms with Crippen LogP contribution in [0.1, 0.15) is 29.7 Å². The molecule has 2 aromatic rings. The van der Waals surface area contributed by atoms with Gasteiger partial charge in [0, 0.05) is 15.6 Å². The molecule has 1 N–H and O–H groups in total. The summed E-state index contributed by atoms with van der Waals surface area (Å²) in [4.78, 5) is 0. The maximum Gasteiger partial charge on any atom is 0.127 e. The minimum atomic E-state index is 0.197. The fourth-order valence-electron chi connectivity index (χ4n) is 2.77. The van der Waals surface area contributed by atoms with Gasteiger partial charge in [0.15, 0.2) is 0 Å². The number of para-hydroxylation sites is 1. The third kappa shape index (κ3) is 2.69. The minimum Gasteiger partial charge on any atom is -0.493 e. The molecule has 1 aliphatic heterocycles. The van der Waals surface area contributed by atoms with Crippen molar-refractivity contribution in [3.8, 4) is 5.75 Å². The zero-order valence-electron chi connectivity index (χ0n) is 11.5. The third-order valence-electron chi connectivity index (χ3n) is 3.65. The van der Waals surface area contributed by atoms with Crippen molar-refractivity contribution in [2.45, 2.75) is 19.4 Å². The van der Waals surface area contributed by atoms with E-state index in [1.165, 1.54) is 20.3 Å². The minimum absolute atomic E-state index is 0.197. The van der Waals surface area contributed by atoms with E-state index in [0.717, 1.165) is 25.3 Å². The summed E-state index contributed by atoms with van der Waals surface area (Å²) in [5, 5.41) is 3.59. The van der Waals surface area contributed by atoms with Crippen LogP contribution in [0.5, 0.6) is 5.75 Å². The lowest BCUT2D eigenvalue weighted by atomic mass is 9.96. The second kappa shape index (κ2) is 6.14. The molecule has 0 saturated heterocycles. The van der Waals surface area contributed by atoms with E-state index in [2.05, 4.69) is 77.3 Å². The smallest absolute Gasteiger partial charge is 0.127 e. The van der Waals surface area contributed by atoms with Gasteiger partial charge in [-0.3, -0.25) is 0 Å². The van der Waals surface area contributed by atoms with Crippen molar-refractivity contribution in [1.29, 1.82) is 0 Å². The molecule has 1 unspecified atom stereocenters. The van der Waals surface area contributed by atoms with E-state index >= 15 is 0 Å². The summed E-state index contributed by atoms with van der Waals surface area (Å²) in [5.41, 5.74) is 3.88. The lowest BCUT2D eigenvalue weighted by Gasteiger charge is -2.21. The van der Waals surface area contributed by atoms with Crippen molar-refractivity contribution in [3.05, 3.63) is 62.7 Å². The predicted octanol–water partition coefficient (Wildman–Crippen LogP) is 3.93. The molecule has 3 rings (SSSR count). The first-order chi connectivity index (χ1) is 9.79. The summed E-state index contributed by atoms with van der Waals surface area (Å²) >= 11 is 2.36. The summed E-state index contributed by atoms with van der Waals surface area (Å²) in [6.45, 7) is 3.88. The Bertz CT molecular complexity index is 612. The van der Waals surface area contributed by atoms with Crippen LogP contribution in [0.3, 0.4) is 0 Å². The highest BCUT2D eigenvalue weighted by molar-refractivity contribution is 14.1. The molecule has 0 amide bonds. The molecule has 1 heterocycles. The van der Waals surface area contributed by atoms with Crippen LogP contribution in [0.15, 0.2) is 42.5 Å². The van der Waals surface area contributed by atoms with Gasteiger partial charge >= 0.3 is 0 Å². The van der Waals surface area contributed by atoms with E-state index in [-0.39, 0.29) is 6.04 Å². The largest absolute Gasteiger partial charge is 0.493 e.